The average molecular weight is 425 g/mol. The first-order valence-corrected chi connectivity index (χ1v) is 10.7. The highest BCUT2D eigenvalue weighted by atomic mass is 16.2. The van der Waals surface area contributed by atoms with Crippen LogP contribution in [-0.4, -0.2) is 26.3 Å². The fraction of sp³-hybridized carbons (Fsp3) is 0.200. The number of para-hydroxylation sites is 2. The van der Waals surface area contributed by atoms with E-state index in [4.69, 9.17) is 4.98 Å². The first kappa shape index (κ1) is 19.9. The van der Waals surface area contributed by atoms with Crippen molar-refractivity contribution in [3.05, 3.63) is 84.2 Å². The molecule has 2 aromatic heterocycles. The van der Waals surface area contributed by atoms with Crippen molar-refractivity contribution in [2.75, 3.05) is 10.2 Å². The number of nitrogens with zero attached hydrogens (tertiary/aromatic N) is 4. The van der Waals surface area contributed by atoms with Crippen LogP contribution in [0.15, 0.2) is 72.9 Å². The number of amides is 2. The van der Waals surface area contributed by atoms with Gasteiger partial charge in [-0.25, -0.2) is 4.98 Å². The lowest BCUT2D eigenvalue weighted by Gasteiger charge is -2.15. The highest BCUT2D eigenvalue weighted by Gasteiger charge is 2.41. The Balaban J connectivity index is 1.44. The Hall–Kier alpha value is -4.00. The van der Waals surface area contributed by atoms with E-state index in [0.29, 0.717) is 12.5 Å². The van der Waals surface area contributed by atoms with Crippen molar-refractivity contribution in [2.45, 2.75) is 32.4 Å². The number of carbonyl (C=O) groups is 2. The van der Waals surface area contributed by atoms with Gasteiger partial charge in [-0.3, -0.25) is 24.0 Å². The largest absolute Gasteiger partial charge is 0.326 e. The lowest BCUT2D eigenvalue weighted by Crippen LogP contribution is -2.31. The summed E-state index contributed by atoms with van der Waals surface area (Å²) in [5.74, 6) is 0.184. The number of aromatic nitrogens is 3. The number of anilines is 2. The van der Waals surface area contributed by atoms with E-state index in [-0.39, 0.29) is 18.2 Å². The summed E-state index contributed by atoms with van der Waals surface area (Å²) in [6.45, 7) is 2.39. The number of carbonyl (C=O) groups excluding carboxylic acids is 2. The summed E-state index contributed by atoms with van der Waals surface area (Å²) in [4.78, 5) is 36.9. The lowest BCUT2D eigenvalue weighted by atomic mass is 10.1. The molecule has 2 aromatic carbocycles. The van der Waals surface area contributed by atoms with E-state index in [1.165, 1.54) is 5.56 Å². The minimum atomic E-state index is -0.656. The number of fused-ring (bicyclic) bond motifs is 3. The maximum absolute atomic E-state index is 13.4. The fourth-order valence-corrected chi connectivity index (χ4v) is 4.11. The standard InChI is InChI=1S/C25H23N5O2/c1-2-17-10-12-18(13-11-17)27-23(31)15-22-24(32)29(16-19-7-5-6-14-26-19)25-28-20-8-3-4-9-21(20)30(22)25/h3-14,22H,2,15-16H2,1H3,(H,27,31)/t22-/m1/s1. The molecule has 1 aliphatic rings. The van der Waals surface area contributed by atoms with E-state index in [1.807, 2.05) is 71.3 Å². The first-order valence-electron chi connectivity index (χ1n) is 10.7. The number of rotatable bonds is 6. The normalized spacial score (nSPS) is 15.2. The van der Waals surface area contributed by atoms with Crippen LogP contribution in [0.2, 0.25) is 0 Å². The summed E-state index contributed by atoms with van der Waals surface area (Å²) in [7, 11) is 0. The van der Waals surface area contributed by atoms with Gasteiger partial charge in [0, 0.05) is 11.9 Å². The molecular weight excluding hydrogens is 402 g/mol. The van der Waals surface area contributed by atoms with E-state index in [1.54, 1.807) is 11.1 Å². The van der Waals surface area contributed by atoms with Crippen molar-refractivity contribution in [1.82, 2.24) is 14.5 Å². The maximum Gasteiger partial charge on any atom is 0.253 e. The van der Waals surface area contributed by atoms with Crippen LogP contribution in [0.5, 0.6) is 0 Å². The molecule has 2 amide bonds. The summed E-state index contributed by atoms with van der Waals surface area (Å²) < 4.78 is 1.88. The van der Waals surface area contributed by atoms with E-state index in [9.17, 15) is 9.59 Å². The van der Waals surface area contributed by atoms with Gasteiger partial charge in [-0.2, -0.15) is 0 Å². The Morgan fingerprint density at radius 3 is 2.56 bits per heavy atom. The third kappa shape index (κ3) is 3.62. The van der Waals surface area contributed by atoms with Gasteiger partial charge in [0.15, 0.2) is 0 Å². The molecule has 160 valence electrons. The molecule has 0 saturated carbocycles. The van der Waals surface area contributed by atoms with Gasteiger partial charge in [-0.05, 0) is 48.4 Å². The second-order valence-corrected chi connectivity index (χ2v) is 7.83. The highest BCUT2D eigenvalue weighted by Crippen LogP contribution is 2.37. The molecule has 4 aromatic rings. The van der Waals surface area contributed by atoms with Crippen LogP contribution < -0.4 is 10.2 Å². The molecule has 0 spiro atoms. The average Bonchev–Trinajstić information content (AvgIpc) is 3.31. The SMILES string of the molecule is CCc1ccc(NC(=O)C[C@@H]2C(=O)N(Cc3ccccn3)c3nc4ccccc4n32)cc1. The topological polar surface area (TPSA) is 80.1 Å². The van der Waals surface area contributed by atoms with Gasteiger partial charge in [0.05, 0.1) is 29.7 Å². The van der Waals surface area contributed by atoms with Crippen molar-refractivity contribution in [3.8, 4) is 0 Å². The Labute approximate surface area is 185 Å². The number of imidazole rings is 1. The summed E-state index contributed by atoms with van der Waals surface area (Å²) in [6, 6.07) is 20.4. The predicted octanol–water partition coefficient (Wildman–Crippen LogP) is 4.11. The molecule has 1 aliphatic heterocycles. The molecule has 0 unspecified atom stereocenters. The van der Waals surface area contributed by atoms with Crippen LogP contribution in [0, 0.1) is 0 Å². The van der Waals surface area contributed by atoms with Crippen LogP contribution in [0.1, 0.15) is 30.6 Å². The Morgan fingerprint density at radius 2 is 1.81 bits per heavy atom. The number of hydrogen-bond donors (Lipinski definition) is 1. The summed E-state index contributed by atoms with van der Waals surface area (Å²) in [6.07, 6.45) is 2.67. The molecular formula is C25H23N5O2. The van der Waals surface area contributed by atoms with Crippen LogP contribution in [-0.2, 0) is 22.6 Å². The van der Waals surface area contributed by atoms with Crippen LogP contribution >= 0.6 is 0 Å². The number of aryl methyl sites for hydroxylation is 1. The smallest absolute Gasteiger partial charge is 0.253 e. The predicted molar refractivity (Wildman–Crippen MR) is 123 cm³/mol. The van der Waals surface area contributed by atoms with Crippen molar-refractivity contribution in [2.24, 2.45) is 0 Å². The molecule has 0 fully saturated rings. The van der Waals surface area contributed by atoms with E-state index in [2.05, 4.69) is 17.2 Å². The molecule has 5 rings (SSSR count). The summed E-state index contributed by atoms with van der Waals surface area (Å²) in [5, 5.41) is 2.92. The quantitative estimate of drug-likeness (QED) is 0.504. The van der Waals surface area contributed by atoms with E-state index < -0.39 is 6.04 Å². The molecule has 32 heavy (non-hydrogen) atoms. The van der Waals surface area contributed by atoms with E-state index in [0.717, 1.165) is 28.8 Å². The number of pyridine rings is 1. The summed E-state index contributed by atoms with van der Waals surface area (Å²) in [5.41, 5.74) is 4.32. The van der Waals surface area contributed by atoms with Crippen molar-refractivity contribution < 1.29 is 9.59 Å². The molecule has 7 heteroatoms. The van der Waals surface area contributed by atoms with Crippen LogP contribution in [0.3, 0.4) is 0 Å². The molecule has 1 atom stereocenters. The molecule has 1 N–H and O–H groups in total. The molecule has 0 bridgehead atoms. The van der Waals surface area contributed by atoms with Crippen molar-refractivity contribution in [3.63, 3.8) is 0 Å². The lowest BCUT2D eigenvalue weighted by molar-refractivity contribution is -0.124. The minimum absolute atomic E-state index is 0.0282. The first-order chi connectivity index (χ1) is 15.6. The van der Waals surface area contributed by atoms with Crippen LogP contribution in [0.25, 0.3) is 11.0 Å². The van der Waals surface area contributed by atoms with Gasteiger partial charge in [-0.1, -0.05) is 37.3 Å². The Bertz CT molecular complexity index is 1280. The zero-order chi connectivity index (χ0) is 22.1. The van der Waals surface area contributed by atoms with Gasteiger partial charge < -0.3 is 5.32 Å². The van der Waals surface area contributed by atoms with E-state index >= 15 is 0 Å². The van der Waals surface area contributed by atoms with Gasteiger partial charge in [0.25, 0.3) is 5.91 Å². The Kier molecular flexibility index (Phi) is 5.15. The maximum atomic E-state index is 13.4. The molecule has 0 saturated heterocycles. The van der Waals surface area contributed by atoms with Crippen molar-refractivity contribution >= 4 is 34.5 Å². The minimum Gasteiger partial charge on any atom is -0.326 e. The van der Waals surface area contributed by atoms with Gasteiger partial charge in [-0.15, -0.1) is 0 Å². The zero-order valence-electron chi connectivity index (χ0n) is 17.7. The third-order valence-corrected chi connectivity index (χ3v) is 5.75. The molecule has 7 nitrogen and oxygen atoms in total. The second kappa shape index (κ2) is 8.26. The fourth-order valence-electron chi connectivity index (χ4n) is 4.11. The van der Waals surface area contributed by atoms with Gasteiger partial charge in [0.1, 0.15) is 6.04 Å². The van der Waals surface area contributed by atoms with Gasteiger partial charge in [0.2, 0.25) is 11.9 Å². The second-order valence-electron chi connectivity index (χ2n) is 7.83. The highest BCUT2D eigenvalue weighted by molar-refractivity contribution is 6.05. The monoisotopic (exact) mass is 425 g/mol. The third-order valence-electron chi connectivity index (χ3n) is 5.75. The number of hydrogen-bond acceptors (Lipinski definition) is 4. The zero-order valence-corrected chi connectivity index (χ0v) is 17.7. The summed E-state index contributed by atoms with van der Waals surface area (Å²) >= 11 is 0. The van der Waals surface area contributed by atoms with Crippen molar-refractivity contribution in [1.29, 1.82) is 0 Å². The molecule has 0 radical (unpaired) electrons. The molecule has 0 aliphatic carbocycles. The van der Waals surface area contributed by atoms with Crippen LogP contribution in [0.4, 0.5) is 11.6 Å². The Morgan fingerprint density at radius 1 is 1.03 bits per heavy atom. The number of nitrogens with one attached hydrogen (secondary N) is 1. The molecule has 3 heterocycles. The number of benzene rings is 2. The van der Waals surface area contributed by atoms with Gasteiger partial charge >= 0.3 is 0 Å².